The van der Waals surface area contributed by atoms with Gasteiger partial charge in [0.1, 0.15) is 0 Å². The van der Waals surface area contributed by atoms with E-state index in [0.29, 0.717) is 13.1 Å². The second kappa shape index (κ2) is 7.62. The van der Waals surface area contributed by atoms with Crippen molar-refractivity contribution in [2.75, 3.05) is 31.5 Å². The van der Waals surface area contributed by atoms with Crippen LogP contribution in [0.3, 0.4) is 0 Å². The Balaban J connectivity index is 1.58. The van der Waals surface area contributed by atoms with Crippen molar-refractivity contribution in [3.05, 3.63) is 42.5 Å². The highest BCUT2D eigenvalue weighted by molar-refractivity contribution is 5.97. The van der Waals surface area contributed by atoms with E-state index in [0.717, 1.165) is 25.3 Å². The number of nitrogens with one attached hydrogen (secondary N) is 1. The van der Waals surface area contributed by atoms with Crippen LogP contribution in [0.1, 0.15) is 24.8 Å². The minimum atomic E-state index is -0.278. The van der Waals surface area contributed by atoms with E-state index in [1.807, 2.05) is 18.2 Å². The summed E-state index contributed by atoms with van der Waals surface area (Å²) in [5.41, 5.74) is 2.02. The first-order valence-electron chi connectivity index (χ1n) is 8.66. The van der Waals surface area contributed by atoms with Gasteiger partial charge in [0.25, 0.3) is 0 Å². The quantitative estimate of drug-likeness (QED) is 0.816. The number of amides is 2. The number of carbonyl (C=O) groups is 2. The Bertz CT molecular complexity index is 623. The lowest BCUT2D eigenvalue weighted by atomic mass is 10.1. The van der Waals surface area contributed by atoms with E-state index in [2.05, 4.69) is 22.9 Å². The second-order valence-corrected chi connectivity index (χ2v) is 6.66. The largest absolute Gasteiger partial charge is 0.338 e. The fraction of sp³-hybridized carbons (Fsp3) is 0.474. The molecule has 128 valence electrons. The van der Waals surface area contributed by atoms with Gasteiger partial charge < -0.3 is 10.2 Å². The molecule has 2 fully saturated rings. The molecular formula is C19H25N3O2. The minimum absolute atomic E-state index is 0.0258. The molecule has 2 heterocycles. The zero-order chi connectivity index (χ0) is 16.9. The van der Waals surface area contributed by atoms with E-state index in [1.54, 1.807) is 11.0 Å². The Kier molecular flexibility index (Phi) is 5.30. The van der Waals surface area contributed by atoms with E-state index in [9.17, 15) is 9.59 Å². The summed E-state index contributed by atoms with van der Waals surface area (Å²) < 4.78 is 0. The summed E-state index contributed by atoms with van der Waals surface area (Å²) in [5.74, 6) is -0.328. The van der Waals surface area contributed by atoms with Gasteiger partial charge in [0.15, 0.2) is 0 Å². The lowest BCUT2D eigenvalue weighted by molar-refractivity contribution is -0.127. The Hall–Kier alpha value is -2.14. The van der Waals surface area contributed by atoms with Crippen LogP contribution in [0.4, 0.5) is 5.69 Å². The first-order valence-corrected chi connectivity index (χ1v) is 8.66. The summed E-state index contributed by atoms with van der Waals surface area (Å²) >= 11 is 0. The molecule has 3 rings (SSSR count). The maximum Gasteiger partial charge on any atom is 0.229 e. The van der Waals surface area contributed by atoms with Crippen molar-refractivity contribution in [2.24, 2.45) is 5.92 Å². The number of anilines is 1. The maximum absolute atomic E-state index is 12.4. The lowest BCUT2D eigenvalue weighted by Gasteiger charge is -2.16. The van der Waals surface area contributed by atoms with Crippen LogP contribution in [0, 0.1) is 5.92 Å². The summed E-state index contributed by atoms with van der Waals surface area (Å²) in [6, 6.07) is 8.02. The van der Waals surface area contributed by atoms with Gasteiger partial charge >= 0.3 is 0 Å². The molecule has 0 radical (unpaired) electrons. The van der Waals surface area contributed by atoms with Crippen molar-refractivity contribution in [2.45, 2.75) is 25.8 Å². The molecular weight excluding hydrogens is 302 g/mol. The van der Waals surface area contributed by atoms with Gasteiger partial charge in [-0.25, -0.2) is 0 Å². The Morgan fingerprint density at radius 1 is 1.33 bits per heavy atom. The van der Waals surface area contributed by atoms with Gasteiger partial charge in [0.05, 0.1) is 5.92 Å². The normalized spacial score (nSPS) is 21.2. The summed E-state index contributed by atoms with van der Waals surface area (Å²) in [4.78, 5) is 28.4. The van der Waals surface area contributed by atoms with E-state index in [4.69, 9.17) is 0 Å². The zero-order valence-electron chi connectivity index (χ0n) is 14.0. The Labute approximate surface area is 143 Å². The summed E-state index contributed by atoms with van der Waals surface area (Å²) in [5, 5.41) is 2.97. The van der Waals surface area contributed by atoms with Crippen LogP contribution >= 0.6 is 0 Å². The average molecular weight is 327 g/mol. The molecule has 1 atom stereocenters. The number of carbonyl (C=O) groups excluding carboxylic acids is 2. The van der Waals surface area contributed by atoms with Gasteiger partial charge in [-0.3, -0.25) is 14.5 Å². The van der Waals surface area contributed by atoms with Gasteiger partial charge in [0, 0.05) is 31.7 Å². The van der Waals surface area contributed by atoms with E-state index < -0.39 is 0 Å². The van der Waals surface area contributed by atoms with E-state index >= 15 is 0 Å². The molecule has 1 unspecified atom stereocenters. The first-order chi connectivity index (χ1) is 11.7. The molecule has 1 aromatic rings. The van der Waals surface area contributed by atoms with Crippen LogP contribution in [0.2, 0.25) is 0 Å². The van der Waals surface area contributed by atoms with Crippen molar-refractivity contribution >= 4 is 17.5 Å². The van der Waals surface area contributed by atoms with Gasteiger partial charge in [-0.1, -0.05) is 18.2 Å². The predicted octanol–water partition coefficient (Wildman–Crippen LogP) is 2.26. The molecule has 0 bridgehead atoms. The van der Waals surface area contributed by atoms with Crippen LogP contribution in [0.5, 0.6) is 0 Å². The SMILES string of the molecule is C=CCN1CC(C(=O)Nc2cccc(CN3CCCC3)c2)CC1=O. The van der Waals surface area contributed by atoms with Crippen molar-refractivity contribution in [1.82, 2.24) is 9.80 Å². The molecule has 5 heteroatoms. The molecule has 2 saturated heterocycles. The molecule has 1 aromatic carbocycles. The second-order valence-electron chi connectivity index (χ2n) is 6.66. The van der Waals surface area contributed by atoms with Crippen LogP contribution < -0.4 is 5.32 Å². The smallest absolute Gasteiger partial charge is 0.229 e. The summed E-state index contributed by atoms with van der Waals surface area (Å²) in [7, 11) is 0. The maximum atomic E-state index is 12.4. The van der Waals surface area contributed by atoms with Crippen molar-refractivity contribution in [3.63, 3.8) is 0 Å². The molecule has 24 heavy (non-hydrogen) atoms. The standard InChI is InChI=1S/C19H25N3O2/c1-2-8-22-14-16(12-18(22)23)19(24)20-17-7-5-6-15(11-17)13-21-9-3-4-10-21/h2,5-7,11,16H,1,3-4,8-10,12-14H2,(H,20,24). The highest BCUT2D eigenvalue weighted by Gasteiger charge is 2.33. The number of hydrogen-bond donors (Lipinski definition) is 1. The molecule has 0 spiro atoms. The zero-order valence-corrected chi connectivity index (χ0v) is 14.0. The van der Waals surface area contributed by atoms with E-state index in [-0.39, 0.29) is 24.2 Å². The third-order valence-corrected chi connectivity index (χ3v) is 4.73. The van der Waals surface area contributed by atoms with E-state index in [1.165, 1.54) is 18.4 Å². The third-order valence-electron chi connectivity index (χ3n) is 4.73. The lowest BCUT2D eigenvalue weighted by Crippen LogP contribution is -2.28. The van der Waals surface area contributed by atoms with Gasteiger partial charge in [0.2, 0.25) is 11.8 Å². The van der Waals surface area contributed by atoms with Gasteiger partial charge in [-0.05, 0) is 43.6 Å². The van der Waals surface area contributed by atoms with Crippen LogP contribution in [-0.4, -0.2) is 47.8 Å². The third kappa shape index (κ3) is 4.03. The fourth-order valence-corrected chi connectivity index (χ4v) is 3.47. The minimum Gasteiger partial charge on any atom is -0.338 e. The number of nitrogens with zero attached hydrogens (tertiary/aromatic N) is 2. The molecule has 2 aliphatic heterocycles. The number of rotatable bonds is 6. The number of likely N-dealkylation sites (tertiary alicyclic amines) is 2. The molecule has 0 aliphatic carbocycles. The van der Waals surface area contributed by atoms with Crippen molar-refractivity contribution in [1.29, 1.82) is 0 Å². The fourth-order valence-electron chi connectivity index (χ4n) is 3.47. The van der Waals surface area contributed by atoms with Crippen molar-refractivity contribution in [3.8, 4) is 0 Å². The van der Waals surface area contributed by atoms with Crippen LogP contribution in [0.25, 0.3) is 0 Å². The number of benzene rings is 1. The molecule has 0 aromatic heterocycles. The topological polar surface area (TPSA) is 52.7 Å². The monoisotopic (exact) mass is 327 g/mol. The van der Waals surface area contributed by atoms with Crippen LogP contribution in [0.15, 0.2) is 36.9 Å². The molecule has 0 saturated carbocycles. The highest BCUT2D eigenvalue weighted by Crippen LogP contribution is 2.21. The van der Waals surface area contributed by atoms with Gasteiger partial charge in [-0.15, -0.1) is 6.58 Å². The Morgan fingerprint density at radius 3 is 2.88 bits per heavy atom. The summed E-state index contributed by atoms with van der Waals surface area (Å²) in [6.45, 7) is 7.87. The molecule has 5 nitrogen and oxygen atoms in total. The molecule has 2 aliphatic rings. The van der Waals surface area contributed by atoms with Crippen molar-refractivity contribution < 1.29 is 9.59 Å². The molecule has 1 N–H and O–H groups in total. The summed E-state index contributed by atoms with van der Waals surface area (Å²) in [6.07, 6.45) is 4.52. The predicted molar refractivity (Wildman–Crippen MR) is 94.5 cm³/mol. The number of hydrogen-bond acceptors (Lipinski definition) is 3. The first kappa shape index (κ1) is 16.7. The van der Waals surface area contributed by atoms with Gasteiger partial charge in [-0.2, -0.15) is 0 Å². The van der Waals surface area contributed by atoms with Crippen LogP contribution in [-0.2, 0) is 16.1 Å². The highest BCUT2D eigenvalue weighted by atomic mass is 16.2. The average Bonchev–Trinajstić information content (AvgIpc) is 3.19. The molecule has 2 amide bonds. The Morgan fingerprint density at radius 2 is 2.12 bits per heavy atom.